The number of nitrogens with zero attached hydrogens (tertiary/aromatic N) is 4. The highest BCUT2D eigenvalue weighted by molar-refractivity contribution is 5.98. The van der Waals surface area contributed by atoms with Crippen molar-refractivity contribution in [1.82, 2.24) is 19.7 Å². The van der Waals surface area contributed by atoms with Crippen LogP contribution in [0.25, 0.3) is 33.4 Å². The van der Waals surface area contributed by atoms with Crippen LogP contribution in [0, 0.1) is 0 Å². The van der Waals surface area contributed by atoms with Crippen molar-refractivity contribution < 1.29 is 4.74 Å². The van der Waals surface area contributed by atoms with Crippen molar-refractivity contribution in [3.63, 3.8) is 0 Å². The van der Waals surface area contributed by atoms with E-state index in [1.54, 1.807) is 0 Å². The Morgan fingerprint density at radius 1 is 0.848 bits per heavy atom. The van der Waals surface area contributed by atoms with Crippen LogP contribution in [0.15, 0.2) is 91.3 Å². The van der Waals surface area contributed by atoms with Crippen LogP contribution in [-0.2, 0) is 17.8 Å². The summed E-state index contributed by atoms with van der Waals surface area (Å²) in [7, 11) is 0. The summed E-state index contributed by atoms with van der Waals surface area (Å²) < 4.78 is 8.49. The maximum Gasteiger partial charge on any atom is 0.150 e. The van der Waals surface area contributed by atoms with Crippen molar-refractivity contribution >= 4 is 10.9 Å². The maximum absolute atomic E-state index is 6.39. The molecule has 33 heavy (non-hydrogen) atoms. The Bertz CT molecular complexity index is 1390. The molecule has 0 radical (unpaired) electrons. The van der Waals surface area contributed by atoms with Crippen molar-refractivity contribution in [3.05, 3.63) is 103 Å². The molecule has 5 heteroatoms. The second-order valence-electron chi connectivity index (χ2n) is 8.35. The molecule has 5 aromatic rings. The Morgan fingerprint density at radius 2 is 1.70 bits per heavy atom. The smallest absolute Gasteiger partial charge is 0.150 e. The largest absolute Gasteiger partial charge is 0.352 e. The fourth-order valence-corrected chi connectivity index (χ4v) is 4.71. The molecular formula is C28H24N4O. The number of pyridine rings is 2. The van der Waals surface area contributed by atoms with Gasteiger partial charge in [0.2, 0.25) is 0 Å². The molecule has 0 saturated heterocycles. The molecule has 1 aliphatic rings. The Morgan fingerprint density at radius 3 is 2.58 bits per heavy atom. The van der Waals surface area contributed by atoms with Crippen LogP contribution >= 0.6 is 0 Å². The molecule has 0 aliphatic carbocycles. The first kappa shape index (κ1) is 19.8. The van der Waals surface area contributed by atoms with Crippen molar-refractivity contribution in [2.45, 2.75) is 32.1 Å². The molecule has 0 spiro atoms. The number of rotatable bonds is 5. The number of fused-ring (bicyclic) bond motifs is 2. The molecule has 1 aliphatic heterocycles. The summed E-state index contributed by atoms with van der Waals surface area (Å²) in [6.45, 7) is 0.567. The molecular weight excluding hydrogens is 408 g/mol. The van der Waals surface area contributed by atoms with Gasteiger partial charge in [0.15, 0.2) is 6.23 Å². The normalized spacial score (nSPS) is 15.5. The Kier molecular flexibility index (Phi) is 5.17. The first-order valence-corrected chi connectivity index (χ1v) is 11.4. The fraction of sp³-hybridized carbons (Fsp3) is 0.179. The highest BCUT2D eigenvalue weighted by Gasteiger charge is 2.29. The van der Waals surface area contributed by atoms with Gasteiger partial charge >= 0.3 is 0 Å². The van der Waals surface area contributed by atoms with Gasteiger partial charge in [0.25, 0.3) is 0 Å². The lowest BCUT2D eigenvalue weighted by atomic mass is 9.94. The van der Waals surface area contributed by atoms with Gasteiger partial charge in [-0.1, -0.05) is 54.6 Å². The first-order chi connectivity index (χ1) is 16.4. The second-order valence-corrected chi connectivity index (χ2v) is 8.35. The summed E-state index contributed by atoms with van der Waals surface area (Å²) in [4.78, 5) is 9.22. The van der Waals surface area contributed by atoms with E-state index in [2.05, 4.69) is 51.0 Å². The van der Waals surface area contributed by atoms with E-state index in [4.69, 9.17) is 9.84 Å². The third-order valence-corrected chi connectivity index (χ3v) is 6.26. The van der Waals surface area contributed by atoms with Gasteiger partial charge in [0.05, 0.1) is 23.5 Å². The molecule has 0 saturated carbocycles. The predicted octanol–water partition coefficient (Wildman–Crippen LogP) is 6.21. The van der Waals surface area contributed by atoms with E-state index in [0.29, 0.717) is 6.61 Å². The zero-order valence-electron chi connectivity index (χ0n) is 18.3. The molecule has 4 heterocycles. The summed E-state index contributed by atoms with van der Waals surface area (Å²) in [6, 6.07) is 26.7. The third-order valence-electron chi connectivity index (χ3n) is 6.26. The topological polar surface area (TPSA) is 52.8 Å². The van der Waals surface area contributed by atoms with Crippen LogP contribution in [0.1, 0.15) is 30.3 Å². The van der Waals surface area contributed by atoms with Gasteiger partial charge in [-0.2, -0.15) is 5.10 Å². The van der Waals surface area contributed by atoms with Crippen LogP contribution in [0.4, 0.5) is 0 Å². The van der Waals surface area contributed by atoms with E-state index in [0.717, 1.165) is 52.7 Å². The van der Waals surface area contributed by atoms with Gasteiger partial charge in [-0.15, -0.1) is 0 Å². The standard InChI is InChI=1S/C28H24N4O/c1-2-9-20(10-3-1)19-33-26-15-8-14-25-27(22-16-18-30-23-12-5-4-11-21(22)23)28(31-32(25)26)24-13-6-7-17-29-24/h1-7,9-13,16-18,26H,8,14-15,19H2. The van der Waals surface area contributed by atoms with Crippen molar-refractivity contribution in [1.29, 1.82) is 0 Å². The predicted molar refractivity (Wildman–Crippen MR) is 129 cm³/mol. The number of para-hydroxylation sites is 1. The van der Waals surface area contributed by atoms with Gasteiger partial charge in [0, 0.05) is 23.3 Å². The summed E-state index contributed by atoms with van der Waals surface area (Å²) in [6.07, 6.45) is 6.57. The molecule has 5 nitrogen and oxygen atoms in total. The molecule has 0 N–H and O–H groups in total. The summed E-state index contributed by atoms with van der Waals surface area (Å²) >= 11 is 0. The number of hydrogen-bond acceptors (Lipinski definition) is 4. The lowest BCUT2D eigenvalue weighted by molar-refractivity contribution is -0.0324. The van der Waals surface area contributed by atoms with E-state index in [9.17, 15) is 0 Å². The lowest BCUT2D eigenvalue weighted by Gasteiger charge is -2.25. The molecule has 2 aromatic carbocycles. The third kappa shape index (κ3) is 3.70. The number of ether oxygens (including phenoxy) is 1. The highest BCUT2D eigenvalue weighted by Crippen LogP contribution is 2.41. The molecule has 1 unspecified atom stereocenters. The summed E-state index contributed by atoms with van der Waals surface area (Å²) in [5.41, 5.74) is 7.41. The molecule has 0 amide bonds. The Hall–Kier alpha value is -3.83. The average molecular weight is 433 g/mol. The van der Waals surface area contributed by atoms with E-state index >= 15 is 0 Å². The van der Waals surface area contributed by atoms with Crippen molar-refractivity contribution in [3.8, 4) is 22.5 Å². The Labute approximate surface area is 192 Å². The molecule has 0 fully saturated rings. The average Bonchev–Trinajstić information content (AvgIpc) is 3.28. The van der Waals surface area contributed by atoms with Gasteiger partial charge < -0.3 is 4.74 Å². The number of aromatic nitrogens is 4. The zero-order chi connectivity index (χ0) is 22.0. The first-order valence-electron chi connectivity index (χ1n) is 11.4. The van der Waals surface area contributed by atoms with Gasteiger partial charge in [-0.3, -0.25) is 9.97 Å². The SMILES string of the molecule is c1ccc(COC2CCCc3c(-c4ccnc5ccccc45)c(-c4ccccn4)nn32)cc1. The molecule has 1 atom stereocenters. The minimum atomic E-state index is -0.0988. The number of hydrogen-bond donors (Lipinski definition) is 0. The minimum absolute atomic E-state index is 0.0988. The fourth-order valence-electron chi connectivity index (χ4n) is 4.71. The zero-order valence-corrected chi connectivity index (χ0v) is 18.3. The van der Waals surface area contributed by atoms with Gasteiger partial charge in [-0.25, -0.2) is 4.68 Å². The maximum atomic E-state index is 6.39. The Balaban J connectivity index is 1.50. The molecule has 0 bridgehead atoms. The van der Waals surface area contributed by atoms with Crippen molar-refractivity contribution in [2.75, 3.05) is 0 Å². The number of benzene rings is 2. The van der Waals surface area contributed by atoms with E-state index in [1.807, 2.05) is 54.9 Å². The quantitative estimate of drug-likeness (QED) is 0.331. The monoisotopic (exact) mass is 432 g/mol. The second kappa shape index (κ2) is 8.60. The highest BCUT2D eigenvalue weighted by atomic mass is 16.5. The van der Waals surface area contributed by atoms with Gasteiger partial charge in [-0.05, 0) is 54.7 Å². The van der Waals surface area contributed by atoms with E-state index in [-0.39, 0.29) is 6.23 Å². The van der Waals surface area contributed by atoms with Crippen LogP contribution in [0.2, 0.25) is 0 Å². The van der Waals surface area contributed by atoms with Gasteiger partial charge in [0.1, 0.15) is 5.69 Å². The van der Waals surface area contributed by atoms with Crippen LogP contribution in [-0.4, -0.2) is 19.7 Å². The van der Waals surface area contributed by atoms with E-state index < -0.39 is 0 Å². The summed E-state index contributed by atoms with van der Waals surface area (Å²) in [5.74, 6) is 0. The van der Waals surface area contributed by atoms with Crippen LogP contribution in [0.3, 0.4) is 0 Å². The van der Waals surface area contributed by atoms with Crippen LogP contribution in [0.5, 0.6) is 0 Å². The van der Waals surface area contributed by atoms with Crippen LogP contribution < -0.4 is 0 Å². The van der Waals surface area contributed by atoms with E-state index in [1.165, 1.54) is 11.3 Å². The van der Waals surface area contributed by atoms with Crippen molar-refractivity contribution in [2.24, 2.45) is 0 Å². The minimum Gasteiger partial charge on any atom is -0.352 e. The molecule has 162 valence electrons. The molecule has 3 aromatic heterocycles. The lowest BCUT2D eigenvalue weighted by Crippen LogP contribution is -2.21. The summed E-state index contributed by atoms with van der Waals surface area (Å²) in [5, 5.41) is 6.23. The molecule has 6 rings (SSSR count).